The Kier molecular flexibility index (Phi) is 5.20. The summed E-state index contributed by atoms with van der Waals surface area (Å²) in [6, 6.07) is 5.29. The standard InChI is InChI=1S/C16H15ClN6OS/c1-9-6-10(2)20-15(19-9)23-16-21-11(8-25-16)7-13(24)22-12-4-3-5-18-14(12)17/h3-6,8H,7H2,1-2H3,(H,22,24)(H,19,20,21,23). The number of hydrogen-bond donors (Lipinski definition) is 2. The molecule has 0 aliphatic heterocycles. The lowest BCUT2D eigenvalue weighted by atomic mass is 10.3. The second kappa shape index (κ2) is 7.54. The minimum atomic E-state index is -0.214. The summed E-state index contributed by atoms with van der Waals surface area (Å²) in [5.41, 5.74) is 2.87. The van der Waals surface area contributed by atoms with Gasteiger partial charge in [-0.2, -0.15) is 0 Å². The van der Waals surface area contributed by atoms with Crippen LogP contribution in [0.5, 0.6) is 0 Å². The van der Waals surface area contributed by atoms with E-state index >= 15 is 0 Å². The molecule has 0 aliphatic carbocycles. The van der Waals surface area contributed by atoms with Gasteiger partial charge in [-0.05, 0) is 32.0 Å². The SMILES string of the molecule is Cc1cc(C)nc(Nc2nc(CC(=O)Nc3cccnc3Cl)cs2)n1. The predicted molar refractivity (Wildman–Crippen MR) is 98.5 cm³/mol. The van der Waals surface area contributed by atoms with E-state index in [1.165, 1.54) is 11.3 Å². The van der Waals surface area contributed by atoms with Crippen molar-refractivity contribution in [1.29, 1.82) is 0 Å². The average molecular weight is 375 g/mol. The fourth-order valence-corrected chi connectivity index (χ4v) is 3.03. The number of halogens is 1. The van der Waals surface area contributed by atoms with Crippen LogP contribution in [0.3, 0.4) is 0 Å². The summed E-state index contributed by atoms with van der Waals surface area (Å²) in [7, 11) is 0. The number of amides is 1. The van der Waals surface area contributed by atoms with Gasteiger partial charge >= 0.3 is 0 Å². The Bertz CT molecular complexity index is 893. The highest BCUT2D eigenvalue weighted by Gasteiger charge is 2.11. The zero-order chi connectivity index (χ0) is 17.8. The predicted octanol–water partition coefficient (Wildman–Crippen LogP) is 3.52. The average Bonchev–Trinajstić information content (AvgIpc) is 2.95. The van der Waals surface area contributed by atoms with Crippen molar-refractivity contribution in [2.45, 2.75) is 20.3 Å². The van der Waals surface area contributed by atoms with Gasteiger partial charge in [0.25, 0.3) is 0 Å². The highest BCUT2D eigenvalue weighted by molar-refractivity contribution is 7.13. The molecule has 0 atom stereocenters. The van der Waals surface area contributed by atoms with Crippen molar-refractivity contribution >= 4 is 45.6 Å². The maximum absolute atomic E-state index is 12.1. The van der Waals surface area contributed by atoms with E-state index in [2.05, 4.69) is 30.6 Å². The molecule has 0 saturated carbocycles. The van der Waals surface area contributed by atoms with E-state index in [1.54, 1.807) is 18.3 Å². The first-order chi connectivity index (χ1) is 12.0. The van der Waals surface area contributed by atoms with Crippen molar-refractivity contribution in [3.63, 3.8) is 0 Å². The molecule has 3 aromatic rings. The zero-order valence-electron chi connectivity index (χ0n) is 13.6. The zero-order valence-corrected chi connectivity index (χ0v) is 15.1. The Morgan fingerprint density at radius 3 is 2.72 bits per heavy atom. The lowest BCUT2D eigenvalue weighted by Crippen LogP contribution is -2.15. The van der Waals surface area contributed by atoms with Crippen LogP contribution < -0.4 is 10.6 Å². The van der Waals surface area contributed by atoms with Crippen molar-refractivity contribution in [3.8, 4) is 0 Å². The summed E-state index contributed by atoms with van der Waals surface area (Å²) in [4.78, 5) is 29.0. The molecule has 2 N–H and O–H groups in total. The minimum Gasteiger partial charge on any atom is -0.323 e. The molecular formula is C16H15ClN6OS. The van der Waals surface area contributed by atoms with Gasteiger partial charge in [-0.1, -0.05) is 11.6 Å². The van der Waals surface area contributed by atoms with E-state index in [1.807, 2.05) is 25.3 Å². The van der Waals surface area contributed by atoms with Gasteiger partial charge in [-0.25, -0.2) is 19.9 Å². The molecule has 0 fully saturated rings. The molecule has 0 saturated heterocycles. The first kappa shape index (κ1) is 17.2. The van der Waals surface area contributed by atoms with E-state index in [-0.39, 0.29) is 17.5 Å². The molecule has 0 bridgehead atoms. The van der Waals surface area contributed by atoms with Gasteiger partial charge in [0.2, 0.25) is 11.9 Å². The maximum atomic E-state index is 12.1. The molecule has 0 radical (unpaired) electrons. The molecule has 3 aromatic heterocycles. The fraction of sp³-hybridized carbons (Fsp3) is 0.188. The van der Waals surface area contributed by atoms with Crippen LogP contribution in [-0.2, 0) is 11.2 Å². The highest BCUT2D eigenvalue weighted by atomic mass is 35.5. The number of thiazole rings is 1. The molecule has 128 valence electrons. The van der Waals surface area contributed by atoms with Crippen LogP contribution in [0.2, 0.25) is 5.15 Å². The summed E-state index contributed by atoms with van der Waals surface area (Å²) >= 11 is 7.31. The molecule has 25 heavy (non-hydrogen) atoms. The van der Waals surface area contributed by atoms with Crippen LogP contribution in [0.15, 0.2) is 29.8 Å². The van der Waals surface area contributed by atoms with Crippen LogP contribution in [-0.4, -0.2) is 25.8 Å². The van der Waals surface area contributed by atoms with Gasteiger partial charge in [-0.15, -0.1) is 11.3 Å². The molecular weight excluding hydrogens is 360 g/mol. The molecule has 3 rings (SSSR count). The number of hydrogen-bond acceptors (Lipinski definition) is 7. The summed E-state index contributed by atoms with van der Waals surface area (Å²) in [5, 5.41) is 8.48. The molecule has 9 heteroatoms. The number of rotatable bonds is 5. The summed E-state index contributed by atoms with van der Waals surface area (Å²) in [6.07, 6.45) is 1.70. The summed E-state index contributed by atoms with van der Waals surface area (Å²) < 4.78 is 0. The number of pyridine rings is 1. The monoisotopic (exact) mass is 374 g/mol. The Morgan fingerprint density at radius 2 is 2.00 bits per heavy atom. The number of aromatic nitrogens is 4. The van der Waals surface area contributed by atoms with Crippen LogP contribution >= 0.6 is 22.9 Å². The first-order valence-corrected chi connectivity index (χ1v) is 8.69. The van der Waals surface area contributed by atoms with Crippen molar-refractivity contribution in [1.82, 2.24) is 19.9 Å². The van der Waals surface area contributed by atoms with E-state index in [0.29, 0.717) is 22.5 Å². The number of carbonyl (C=O) groups is 1. The number of nitrogens with zero attached hydrogens (tertiary/aromatic N) is 4. The lowest BCUT2D eigenvalue weighted by Gasteiger charge is -2.05. The van der Waals surface area contributed by atoms with Gasteiger partial charge in [0, 0.05) is 23.0 Å². The number of anilines is 3. The molecule has 7 nitrogen and oxygen atoms in total. The van der Waals surface area contributed by atoms with Crippen molar-refractivity contribution in [2.24, 2.45) is 0 Å². The Morgan fingerprint density at radius 1 is 1.24 bits per heavy atom. The fourth-order valence-electron chi connectivity index (χ4n) is 2.16. The lowest BCUT2D eigenvalue weighted by molar-refractivity contribution is -0.115. The molecule has 0 aliphatic rings. The molecule has 3 heterocycles. The van der Waals surface area contributed by atoms with Gasteiger partial charge in [0.05, 0.1) is 17.8 Å². The number of carbonyl (C=O) groups excluding carboxylic acids is 1. The van der Waals surface area contributed by atoms with Crippen LogP contribution in [0, 0.1) is 13.8 Å². The summed E-state index contributed by atoms with van der Waals surface area (Å²) in [6.45, 7) is 3.81. The van der Waals surface area contributed by atoms with Crippen molar-refractivity contribution in [3.05, 3.63) is 52.0 Å². The van der Waals surface area contributed by atoms with Crippen LogP contribution in [0.25, 0.3) is 0 Å². The highest BCUT2D eigenvalue weighted by Crippen LogP contribution is 2.21. The summed E-state index contributed by atoms with van der Waals surface area (Å²) in [5.74, 6) is 0.277. The van der Waals surface area contributed by atoms with E-state index in [0.717, 1.165) is 11.4 Å². The molecule has 0 unspecified atom stereocenters. The molecule has 0 spiro atoms. The van der Waals surface area contributed by atoms with Crippen molar-refractivity contribution in [2.75, 3.05) is 10.6 Å². The van der Waals surface area contributed by atoms with Crippen molar-refractivity contribution < 1.29 is 4.79 Å². The molecule has 0 aromatic carbocycles. The van der Waals surface area contributed by atoms with E-state index in [4.69, 9.17) is 11.6 Å². The number of nitrogens with one attached hydrogen (secondary N) is 2. The van der Waals surface area contributed by atoms with E-state index < -0.39 is 0 Å². The third-order valence-corrected chi connectivity index (χ3v) is 4.24. The second-order valence-electron chi connectivity index (χ2n) is 5.31. The van der Waals surface area contributed by atoms with Crippen LogP contribution in [0.4, 0.5) is 16.8 Å². The Balaban J connectivity index is 1.63. The van der Waals surface area contributed by atoms with Gasteiger partial charge < -0.3 is 10.6 Å². The van der Waals surface area contributed by atoms with Crippen LogP contribution in [0.1, 0.15) is 17.1 Å². The second-order valence-corrected chi connectivity index (χ2v) is 6.53. The smallest absolute Gasteiger partial charge is 0.230 e. The largest absolute Gasteiger partial charge is 0.323 e. The Labute approximate surface area is 153 Å². The number of aryl methyl sites for hydroxylation is 2. The third-order valence-electron chi connectivity index (χ3n) is 3.13. The maximum Gasteiger partial charge on any atom is 0.230 e. The Hall–Kier alpha value is -2.58. The quantitative estimate of drug-likeness (QED) is 0.664. The van der Waals surface area contributed by atoms with Gasteiger partial charge in [-0.3, -0.25) is 4.79 Å². The molecule has 1 amide bonds. The normalized spacial score (nSPS) is 10.5. The third kappa shape index (κ3) is 4.71. The first-order valence-electron chi connectivity index (χ1n) is 7.43. The van der Waals surface area contributed by atoms with Gasteiger partial charge in [0.1, 0.15) is 0 Å². The van der Waals surface area contributed by atoms with Gasteiger partial charge in [0.15, 0.2) is 10.3 Å². The van der Waals surface area contributed by atoms with E-state index in [9.17, 15) is 4.79 Å². The topological polar surface area (TPSA) is 92.7 Å². The minimum absolute atomic E-state index is 0.136.